The highest BCUT2D eigenvalue weighted by Crippen LogP contribution is 2.13. The fraction of sp³-hybridized carbons (Fsp3) is 0.579. The quantitative estimate of drug-likeness (QED) is 0.465. The molecule has 0 saturated carbocycles. The summed E-state index contributed by atoms with van der Waals surface area (Å²) in [5.41, 5.74) is 5.25. The molecule has 27 heavy (non-hydrogen) atoms. The predicted molar refractivity (Wildman–Crippen MR) is 104 cm³/mol. The second-order valence-corrected chi connectivity index (χ2v) is 6.76. The molecule has 1 heterocycles. The number of amides is 1. The number of nitrogens with two attached hydrogens (primary N) is 1. The molecular formula is C19H30FN5O2. The van der Waals surface area contributed by atoms with Gasteiger partial charge >= 0.3 is 0 Å². The number of aliphatic imine (C=N–C) groups is 1. The zero-order valence-electron chi connectivity index (χ0n) is 16.1. The summed E-state index contributed by atoms with van der Waals surface area (Å²) in [6, 6.07) is 6.28. The van der Waals surface area contributed by atoms with Gasteiger partial charge in [0.2, 0.25) is 5.91 Å². The van der Waals surface area contributed by atoms with Crippen molar-refractivity contribution >= 4 is 11.9 Å². The van der Waals surface area contributed by atoms with E-state index >= 15 is 0 Å². The fourth-order valence-corrected chi connectivity index (χ4v) is 2.97. The van der Waals surface area contributed by atoms with Gasteiger partial charge in [-0.1, -0.05) is 0 Å². The average Bonchev–Trinajstić information content (AvgIpc) is 2.63. The lowest BCUT2D eigenvalue weighted by atomic mass is 10.1. The molecule has 1 aliphatic heterocycles. The summed E-state index contributed by atoms with van der Waals surface area (Å²) in [5, 5.41) is 6.69. The van der Waals surface area contributed by atoms with E-state index in [2.05, 4.69) is 20.5 Å². The van der Waals surface area contributed by atoms with E-state index in [1.54, 1.807) is 12.1 Å². The van der Waals surface area contributed by atoms with E-state index in [0.29, 0.717) is 24.9 Å². The standard InChI is InChI=1S/C19H30FN5O2/c1-3-22-19(24-16-8-10-25(11-9-16)13-18(21)26)23-12-14(2)27-17-6-4-15(20)5-7-17/h4-7,14,16H,3,8-13H2,1-2H3,(H2,21,26)(H2,22,23,24). The minimum atomic E-state index is -0.286. The van der Waals surface area contributed by atoms with Gasteiger partial charge in [0.1, 0.15) is 17.7 Å². The van der Waals surface area contributed by atoms with Crippen molar-refractivity contribution in [2.75, 3.05) is 32.7 Å². The van der Waals surface area contributed by atoms with Crippen molar-refractivity contribution in [2.45, 2.75) is 38.8 Å². The molecule has 0 aliphatic carbocycles. The highest BCUT2D eigenvalue weighted by molar-refractivity contribution is 5.80. The molecule has 0 spiro atoms. The Morgan fingerprint density at radius 1 is 1.37 bits per heavy atom. The lowest BCUT2D eigenvalue weighted by Crippen LogP contribution is -2.50. The van der Waals surface area contributed by atoms with Crippen LogP contribution in [0, 0.1) is 5.82 Å². The third-order valence-corrected chi connectivity index (χ3v) is 4.31. The summed E-state index contributed by atoms with van der Waals surface area (Å²) < 4.78 is 18.7. The molecule has 0 aromatic heterocycles. The molecule has 1 saturated heterocycles. The lowest BCUT2D eigenvalue weighted by Gasteiger charge is -2.32. The summed E-state index contributed by atoms with van der Waals surface area (Å²) in [6.45, 7) is 7.18. The molecule has 150 valence electrons. The third-order valence-electron chi connectivity index (χ3n) is 4.31. The van der Waals surface area contributed by atoms with E-state index in [0.717, 1.165) is 38.4 Å². The smallest absolute Gasteiger partial charge is 0.231 e. The molecule has 0 radical (unpaired) electrons. The molecule has 7 nitrogen and oxygen atoms in total. The van der Waals surface area contributed by atoms with Crippen LogP contribution in [0.5, 0.6) is 5.75 Å². The highest BCUT2D eigenvalue weighted by atomic mass is 19.1. The van der Waals surface area contributed by atoms with Gasteiger partial charge in [-0.3, -0.25) is 9.69 Å². The van der Waals surface area contributed by atoms with Crippen molar-refractivity contribution in [3.63, 3.8) is 0 Å². The van der Waals surface area contributed by atoms with E-state index < -0.39 is 0 Å². The Kier molecular flexibility index (Phi) is 8.32. The first kappa shape index (κ1) is 21.0. The maximum Gasteiger partial charge on any atom is 0.231 e. The number of hydrogen-bond acceptors (Lipinski definition) is 4. The normalized spacial score (nSPS) is 17.4. The Balaban J connectivity index is 1.81. The maximum atomic E-state index is 13.0. The van der Waals surface area contributed by atoms with Crippen LogP contribution in [0.25, 0.3) is 0 Å². The Morgan fingerprint density at radius 3 is 2.63 bits per heavy atom. The minimum Gasteiger partial charge on any atom is -0.489 e. The summed E-state index contributed by atoms with van der Waals surface area (Å²) in [5.74, 6) is 0.805. The number of carbonyl (C=O) groups excluding carboxylic acids is 1. The zero-order chi connectivity index (χ0) is 19.6. The molecule has 1 amide bonds. The number of rotatable bonds is 8. The highest BCUT2D eigenvalue weighted by Gasteiger charge is 2.20. The molecular weight excluding hydrogens is 349 g/mol. The Hall–Kier alpha value is -2.35. The second kappa shape index (κ2) is 10.7. The predicted octanol–water partition coefficient (Wildman–Crippen LogP) is 1.10. The van der Waals surface area contributed by atoms with E-state index in [1.807, 2.05) is 13.8 Å². The molecule has 1 aromatic rings. The first-order chi connectivity index (χ1) is 13.0. The first-order valence-corrected chi connectivity index (χ1v) is 9.44. The largest absolute Gasteiger partial charge is 0.489 e. The number of nitrogens with one attached hydrogen (secondary N) is 2. The molecule has 1 fully saturated rings. The van der Waals surface area contributed by atoms with E-state index in [1.165, 1.54) is 12.1 Å². The number of guanidine groups is 1. The average molecular weight is 379 g/mol. The van der Waals surface area contributed by atoms with E-state index in [-0.39, 0.29) is 17.8 Å². The number of hydrogen-bond donors (Lipinski definition) is 3. The van der Waals surface area contributed by atoms with Crippen LogP contribution in [0.2, 0.25) is 0 Å². The van der Waals surface area contributed by atoms with Crippen molar-refractivity contribution < 1.29 is 13.9 Å². The minimum absolute atomic E-state index is 0.136. The summed E-state index contributed by atoms with van der Waals surface area (Å²) in [6.07, 6.45) is 1.72. The number of piperidine rings is 1. The van der Waals surface area contributed by atoms with E-state index in [9.17, 15) is 9.18 Å². The van der Waals surface area contributed by atoms with Crippen LogP contribution in [0.4, 0.5) is 4.39 Å². The van der Waals surface area contributed by atoms with Crippen molar-refractivity contribution in [3.05, 3.63) is 30.1 Å². The van der Waals surface area contributed by atoms with E-state index in [4.69, 9.17) is 10.5 Å². The number of likely N-dealkylation sites (tertiary alicyclic amines) is 1. The molecule has 2 rings (SSSR count). The van der Waals surface area contributed by atoms with Crippen LogP contribution < -0.4 is 21.1 Å². The van der Waals surface area contributed by atoms with Gasteiger partial charge in [-0.25, -0.2) is 9.38 Å². The first-order valence-electron chi connectivity index (χ1n) is 9.44. The van der Waals surface area contributed by atoms with Gasteiger partial charge < -0.3 is 21.1 Å². The summed E-state index contributed by atoms with van der Waals surface area (Å²) in [4.78, 5) is 17.7. The van der Waals surface area contributed by atoms with Crippen molar-refractivity contribution in [2.24, 2.45) is 10.7 Å². The van der Waals surface area contributed by atoms with Gasteiger partial charge in [-0.05, 0) is 51.0 Å². The topological polar surface area (TPSA) is 92.0 Å². The van der Waals surface area contributed by atoms with Gasteiger partial charge in [0, 0.05) is 25.7 Å². The van der Waals surface area contributed by atoms with Crippen LogP contribution in [0.15, 0.2) is 29.3 Å². The van der Waals surface area contributed by atoms with Crippen LogP contribution in [-0.4, -0.2) is 61.6 Å². The van der Waals surface area contributed by atoms with Crippen LogP contribution >= 0.6 is 0 Å². The second-order valence-electron chi connectivity index (χ2n) is 6.76. The molecule has 1 atom stereocenters. The van der Waals surface area contributed by atoms with Gasteiger partial charge in [0.25, 0.3) is 0 Å². The molecule has 1 unspecified atom stereocenters. The zero-order valence-corrected chi connectivity index (χ0v) is 16.1. The van der Waals surface area contributed by atoms with Crippen molar-refractivity contribution in [3.8, 4) is 5.75 Å². The van der Waals surface area contributed by atoms with Crippen molar-refractivity contribution in [1.82, 2.24) is 15.5 Å². The SMILES string of the molecule is CCNC(=NCC(C)Oc1ccc(F)cc1)NC1CCN(CC(N)=O)CC1. The summed E-state index contributed by atoms with van der Waals surface area (Å²) in [7, 11) is 0. The number of halogens is 1. The van der Waals surface area contributed by atoms with Crippen LogP contribution in [0.3, 0.4) is 0 Å². The van der Waals surface area contributed by atoms with Crippen LogP contribution in [-0.2, 0) is 4.79 Å². The lowest BCUT2D eigenvalue weighted by molar-refractivity contribution is -0.119. The Labute approximate surface area is 160 Å². The van der Waals surface area contributed by atoms with Crippen molar-refractivity contribution in [1.29, 1.82) is 0 Å². The molecule has 0 bridgehead atoms. The molecule has 1 aromatic carbocycles. The number of nitrogens with zero attached hydrogens (tertiary/aromatic N) is 2. The van der Waals surface area contributed by atoms with Crippen LogP contribution in [0.1, 0.15) is 26.7 Å². The molecule has 1 aliphatic rings. The monoisotopic (exact) mass is 379 g/mol. The van der Waals surface area contributed by atoms with Gasteiger partial charge in [0.05, 0.1) is 13.1 Å². The van der Waals surface area contributed by atoms with Gasteiger partial charge in [-0.2, -0.15) is 0 Å². The Morgan fingerprint density at radius 2 is 2.04 bits per heavy atom. The number of primary amides is 1. The Bertz CT molecular complexity index is 615. The number of ether oxygens (including phenoxy) is 1. The number of carbonyl (C=O) groups is 1. The van der Waals surface area contributed by atoms with Gasteiger partial charge in [-0.15, -0.1) is 0 Å². The third kappa shape index (κ3) is 7.82. The van der Waals surface area contributed by atoms with Gasteiger partial charge in [0.15, 0.2) is 5.96 Å². The fourth-order valence-electron chi connectivity index (χ4n) is 2.97. The molecule has 4 N–H and O–H groups in total. The summed E-state index contributed by atoms with van der Waals surface area (Å²) >= 11 is 0. The molecule has 8 heteroatoms. The number of benzene rings is 1. The maximum absolute atomic E-state index is 13.0.